The Hall–Kier alpha value is -1.67. The Balaban J connectivity index is 2.10. The number of nitro groups is 1. The molecule has 1 fully saturated rings. The molecule has 1 aliphatic rings. The van der Waals surface area contributed by atoms with Crippen molar-refractivity contribution in [3.8, 4) is 0 Å². The zero-order valence-corrected chi connectivity index (χ0v) is 9.81. The highest BCUT2D eigenvalue weighted by atomic mass is 32.1. The molecule has 0 aliphatic carbocycles. The quantitative estimate of drug-likeness (QED) is 0.630. The fourth-order valence-corrected chi connectivity index (χ4v) is 2.73. The summed E-state index contributed by atoms with van der Waals surface area (Å²) >= 11 is 1.41. The van der Waals surface area contributed by atoms with Crippen LogP contribution < -0.4 is 10.2 Å². The highest BCUT2D eigenvalue weighted by Crippen LogP contribution is 2.30. The zero-order valence-electron chi connectivity index (χ0n) is 9.00. The number of thiazole rings is 1. The third-order valence-corrected chi connectivity index (χ3v) is 3.57. The smallest absolute Gasteiger partial charge is 0.358 e. The molecule has 7 nitrogen and oxygen atoms in total. The Morgan fingerprint density at radius 2 is 2.24 bits per heavy atom. The average Bonchev–Trinajstić information content (AvgIpc) is 2.88. The number of nitrogens with one attached hydrogen (secondary N) is 1. The lowest BCUT2D eigenvalue weighted by atomic mass is 10.3. The standard InChI is InChI=1S/C9H11N5O2S/c15-14(16)8-7(12-3-1-10-2-4-12)11-9-13(8)5-6-17-9/h5-6,10H,1-4H2. The molecular weight excluding hydrogens is 242 g/mol. The second-order valence-corrected chi connectivity index (χ2v) is 4.68. The lowest BCUT2D eigenvalue weighted by molar-refractivity contribution is -0.389. The van der Waals surface area contributed by atoms with Crippen LogP contribution in [0.5, 0.6) is 0 Å². The molecule has 3 rings (SSSR count). The van der Waals surface area contributed by atoms with Crippen LogP contribution in [0.2, 0.25) is 0 Å². The third kappa shape index (κ3) is 1.65. The number of aromatic nitrogens is 2. The molecule has 0 spiro atoms. The summed E-state index contributed by atoms with van der Waals surface area (Å²) in [5.74, 6) is 0.562. The Kier molecular flexibility index (Phi) is 2.45. The monoisotopic (exact) mass is 253 g/mol. The number of piperazine rings is 1. The minimum Gasteiger partial charge on any atom is -0.358 e. The largest absolute Gasteiger partial charge is 0.373 e. The second-order valence-electron chi connectivity index (χ2n) is 3.81. The van der Waals surface area contributed by atoms with Gasteiger partial charge in [-0.1, -0.05) is 11.3 Å². The van der Waals surface area contributed by atoms with Crippen molar-refractivity contribution in [2.75, 3.05) is 31.1 Å². The molecule has 1 aliphatic heterocycles. The number of imidazole rings is 1. The Labute approximate surface area is 101 Å². The van der Waals surface area contributed by atoms with Crippen LogP contribution in [0.25, 0.3) is 4.96 Å². The molecule has 17 heavy (non-hydrogen) atoms. The maximum atomic E-state index is 11.1. The fourth-order valence-electron chi connectivity index (χ4n) is 2.02. The number of fused-ring (bicyclic) bond motifs is 1. The Morgan fingerprint density at radius 3 is 2.94 bits per heavy atom. The van der Waals surface area contributed by atoms with Crippen molar-refractivity contribution >= 4 is 27.9 Å². The van der Waals surface area contributed by atoms with Gasteiger partial charge in [0, 0.05) is 31.6 Å². The molecule has 3 heterocycles. The first kappa shape index (κ1) is 10.5. The normalized spacial score (nSPS) is 16.6. The van der Waals surface area contributed by atoms with Crippen LogP contribution >= 0.6 is 11.3 Å². The van der Waals surface area contributed by atoms with Gasteiger partial charge < -0.3 is 20.3 Å². The van der Waals surface area contributed by atoms with Crippen LogP contribution in [-0.4, -0.2) is 40.5 Å². The molecule has 0 atom stereocenters. The first-order valence-electron chi connectivity index (χ1n) is 5.33. The molecule has 0 unspecified atom stereocenters. The Bertz CT molecular complexity index is 557. The van der Waals surface area contributed by atoms with Gasteiger partial charge in [-0.3, -0.25) is 0 Å². The van der Waals surface area contributed by atoms with Crippen molar-refractivity contribution in [2.24, 2.45) is 0 Å². The number of anilines is 1. The Morgan fingerprint density at radius 1 is 1.47 bits per heavy atom. The summed E-state index contributed by atoms with van der Waals surface area (Å²) < 4.78 is 1.54. The number of rotatable bonds is 2. The summed E-state index contributed by atoms with van der Waals surface area (Å²) in [6.45, 7) is 3.18. The highest BCUT2D eigenvalue weighted by molar-refractivity contribution is 7.15. The van der Waals surface area contributed by atoms with Crippen LogP contribution in [0, 0.1) is 10.1 Å². The molecule has 0 radical (unpaired) electrons. The minimum atomic E-state index is -0.357. The van der Waals surface area contributed by atoms with Gasteiger partial charge in [0.1, 0.15) is 6.20 Å². The number of hydrogen-bond donors (Lipinski definition) is 1. The van der Waals surface area contributed by atoms with E-state index in [2.05, 4.69) is 10.3 Å². The molecule has 8 heteroatoms. The van der Waals surface area contributed by atoms with Crippen LogP contribution in [0.4, 0.5) is 11.6 Å². The van der Waals surface area contributed by atoms with Gasteiger partial charge >= 0.3 is 5.82 Å². The first-order chi connectivity index (χ1) is 8.27. The lowest BCUT2D eigenvalue weighted by Gasteiger charge is -2.26. The van der Waals surface area contributed by atoms with E-state index in [4.69, 9.17) is 0 Å². The molecule has 0 bridgehead atoms. The van der Waals surface area contributed by atoms with E-state index in [9.17, 15) is 10.1 Å². The highest BCUT2D eigenvalue weighted by Gasteiger charge is 2.28. The van der Waals surface area contributed by atoms with E-state index in [0.717, 1.165) is 26.2 Å². The van der Waals surface area contributed by atoms with Gasteiger partial charge in [0.2, 0.25) is 5.82 Å². The van der Waals surface area contributed by atoms with Gasteiger partial charge in [-0.15, -0.1) is 0 Å². The molecule has 0 saturated carbocycles. The molecule has 2 aromatic rings. The van der Waals surface area contributed by atoms with E-state index in [0.29, 0.717) is 10.8 Å². The predicted molar refractivity (Wildman–Crippen MR) is 64.8 cm³/mol. The van der Waals surface area contributed by atoms with E-state index in [1.54, 1.807) is 16.0 Å². The molecule has 0 amide bonds. The molecule has 1 saturated heterocycles. The SMILES string of the molecule is O=[N+]([O-])c1c(N2CCNCC2)nc2sccn12. The van der Waals surface area contributed by atoms with E-state index < -0.39 is 0 Å². The van der Waals surface area contributed by atoms with E-state index in [1.165, 1.54) is 11.3 Å². The van der Waals surface area contributed by atoms with Gasteiger partial charge in [0.15, 0.2) is 0 Å². The number of nitrogens with zero attached hydrogens (tertiary/aromatic N) is 4. The van der Waals surface area contributed by atoms with Gasteiger partial charge in [-0.25, -0.2) is 0 Å². The van der Waals surface area contributed by atoms with E-state index in [1.807, 2.05) is 4.90 Å². The maximum absolute atomic E-state index is 11.1. The average molecular weight is 253 g/mol. The minimum absolute atomic E-state index is 0.0724. The number of hydrogen-bond acceptors (Lipinski definition) is 6. The van der Waals surface area contributed by atoms with Crippen molar-refractivity contribution in [1.29, 1.82) is 0 Å². The topological polar surface area (TPSA) is 75.7 Å². The summed E-state index contributed by atoms with van der Waals surface area (Å²) in [7, 11) is 0. The maximum Gasteiger partial charge on any atom is 0.373 e. The third-order valence-electron chi connectivity index (χ3n) is 2.81. The van der Waals surface area contributed by atoms with Crippen molar-refractivity contribution in [3.05, 3.63) is 21.7 Å². The summed E-state index contributed by atoms with van der Waals surface area (Å²) in [5.41, 5.74) is 0. The van der Waals surface area contributed by atoms with Crippen molar-refractivity contribution in [2.45, 2.75) is 0 Å². The predicted octanol–water partition coefficient (Wildman–Crippen LogP) is 0.714. The van der Waals surface area contributed by atoms with Crippen molar-refractivity contribution in [1.82, 2.24) is 14.7 Å². The fraction of sp³-hybridized carbons (Fsp3) is 0.444. The van der Waals surface area contributed by atoms with Gasteiger partial charge in [0.05, 0.1) is 0 Å². The van der Waals surface area contributed by atoms with Gasteiger partial charge in [-0.2, -0.15) is 9.38 Å². The van der Waals surface area contributed by atoms with Crippen molar-refractivity contribution in [3.63, 3.8) is 0 Å². The summed E-state index contributed by atoms with van der Waals surface area (Å²) in [6, 6.07) is 0. The van der Waals surface area contributed by atoms with Crippen molar-refractivity contribution < 1.29 is 4.92 Å². The van der Waals surface area contributed by atoms with E-state index >= 15 is 0 Å². The second kappa shape index (κ2) is 3.97. The lowest BCUT2D eigenvalue weighted by Crippen LogP contribution is -2.43. The molecule has 0 aromatic carbocycles. The molecule has 90 valence electrons. The van der Waals surface area contributed by atoms with Gasteiger partial charge in [-0.05, 0) is 4.92 Å². The molecule has 1 N–H and O–H groups in total. The summed E-state index contributed by atoms with van der Waals surface area (Å²) in [6.07, 6.45) is 1.69. The summed E-state index contributed by atoms with van der Waals surface area (Å²) in [4.78, 5) is 17.8. The molecular formula is C9H11N5O2S. The van der Waals surface area contributed by atoms with Gasteiger partial charge in [0.25, 0.3) is 4.96 Å². The van der Waals surface area contributed by atoms with Crippen LogP contribution in [0.15, 0.2) is 11.6 Å². The van der Waals surface area contributed by atoms with E-state index in [-0.39, 0.29) is 10.7 Å². The molecule has 2 aromatic heterocycles. The van der Waals surface area contributed by atoms with Crippen LogP contribution in [0.1, 0.15) is 0 Å². The van der Waals surface area contributed by atoms with Crippen LogP contribution in [0.3, 0.4) is 0 Å². The zero-order chi connectivity index (χ0) is 11.8. The summed E-state index contributed by atoms with van der Waals surface area (Å²) in [5, 5.41) is 16.2. The first-order valence-corrected chi connectivity index (χ1v) is 6.21. The van der Waals surface area contributed by atoms with Crippen LogP contribution in [-0.2, 0) is 0 Å².